The number of hydrazone groups is 1. The van der Waals surface area contributed by atoms with E-state index in [1.165, 1.54) is 18.3 Å². The van der Waals surface area contributed by atoms with Crippen molar-refractivity contribution in [2.75, 3.05) is 6.61 Å². The van der Waals surface area contributed by atoms with Crippen molar-refractivity contribution >= 4 is 35.3 Å². The van der Waals surface area contributed by atoms with E-state index in [4.69, 9.17) is 33.2 Å². The third kappa shape index (κ3) is 4.69. The Bertz CT molecular complexity index is 856. The van der Waals surface area contributed by atoms with Crippen LogP contribution in [0.4, 0.5) is 4.39 Å². The van der Waals surface area contributed by atoms with Crippen LogP contribution in [0.2, 0.25) is 10.0 Å². The van der Waals surface area contributed by atoms with Gasteiger partial charge >= 0.3 is 0 Å². The van der Waals surface area contributed by atoms with E-state index in [1.807, 2.05) is 0 Å². The molecule has 2 aromatic carbocycles. The molecule has 1 N–H and O–H groups in total. The fourth-order valence-electron chi connectivity index (χ4n) is 1.93. The molecule has 5 nitrogen and oxygen atoms in total. The molecular weight excluding hydrogens is 368 g/mol. The average molecular weight is 380 g/mol. The number of halogens is 3. The van der Waals surface area contributed by atoms with E-state index in [-0.39, 0.29) is 11.1 Å². The number of benzene rings is 2. The minimum absolute atomic E-state index is 0.122. The first-order valence-corrected chi connectivity index (χ1v) is 7.86. The zero-order valence-corrected chi connectivity index (χ0v) is 14.5. The molecule has 1 amide bonds. The van der Waals surface area contributed by atoms with Crippen molar-refractivity contribution in [2.45, 2.75) is 6.92 Å². The first-order valence-electron chi connectivity index (χ1n) is 7.11. The minimum atomic E-state index is -0.807. The van der Waals surface area contributed by atoms with Gasteiger partial charge < -0.3 is 4.74 Å². The molecule has 2 rings (SSSR count). The van der Waals surface area contributed by atoms with E-state index < -0.39 is 11.7 Å². The zero-order chi connectivity index (χ0) is 18.4. The summed E-state index contributed by atoms with van der Waals surface area (Å²) < 4.78 is 19.1. The van der Waals surface area contributed by atoms with Crippen LogP contribution in [0.3, 0.4) is 0 Å². The van der Waals surface area contributed by atoms with Gasteiger partial charge in [0.2, 0.25) is 0 Å². The number of carbonyl (C=O) groups excluding carboxylic acids is 1. The average Bonchev–Trinajstić information content (AvgIpc) is 2.57. The normalized spacial score (nSPS) is 10.5. The second kappa shape index (κ2) is 8.47. The molecule has 0 spiro atoms. The van der Waals surface area contributed by atoms with E-state index in [0.717, 1.165) is 6.07 Å². The van der Waals surface area contributed by atoms with Crippen LogP contribution < -0.4 is 10.2 Å². The predicted octanol–water partition coefficient (Wildman–Crippen LogP) is 4.17. The lowest BCUT2D eigenvalue weighted by atomic mass is 10.1. The summed E-state index contributed by atoms with van der Waals surface area (Å²) in [5, 5.41) is 13.0. The lowest BCUT2D eigenvalue weighted by molar-refractivity contribution is 0.0951. The molecular formula is C17H12Cl2FN3O2. The van der Waals surface area contributed by atoms with Crippen molar-refractivity contribution in [3.8, 4) is 11.8 Å². The number of ether oxygens (including phenoxy) is 1. The number of nitrogens with zero attached hydrogens (tertiary/aromatic N) is 2. The molecule has 0 fully saturated rings. The Balaban J connectivity index is 2.11. The second-order valence-corrected chi connectivity index (χ2v) is 5.57. The summed E-state index contributed by atoms with van der Waals surface area (Å²) in [6.45, 7) is 2.22. The van der Waals surface area contributed by atoms with Crippen LogP contribution in [0, 0.1) is 17.1 Å². The highest BCUT2D eigenvalue weighted by molar-refractivity contribution is 6.37. The third-order valence-corrected chi connectivity index (χ3v) is 3.59. The molecule has 25 heavy (non-hydrogen) atoms. The van der Waals surface area contributed by atoms with Gasteiger partial charge in [-0.2, -0.15) is 10.4 Å². The van der Waals surface area contributed by atoms with Gasteiger partial charge in [0.1, 0.15) is 5.82 Å². The molecule has 2 aromatic rings. The van der Waals surface area contributed by atoms with E-state index in [1.54, 1.807) is 25.1 Å². The number of hydrogen-bond acceptors (Lipinski definition) is 4. The van der Waals surface area contributed by atoms with Gasteiger partial charge in [0, 0.05) is 0 Å². The topological polar surface area (TPSA) is 74.5 Å². The Morgan fingerprint density at radius 1 is 1.36 bits per heavy atom. The van der Waals surface area contributed by atoms with Crippen LogP contribution in [-0.2, 0) is 0 Å². The van der Waals surface area contributed by atoms with Gasteiger partial charge in [0.05, 0.1) is 40.1 Å². The maximum absolute atomic E-state index is 13.7. The Kier molecular flexibility index (Phi) is 6.34. The Hall–Kier alpha value is -2.62. The van der Waals surface area contributed by atoms with Crippen LogP contribution >= 0.6 is 23.2 Å². The molecule has 0 atom stereocenters. The largest absolute Gasteiger partial charge is 0.491 e. The van der Waals surface area contributed by atoms with Gasteiger partial charge in [-0.3, -0.25) is 4.79 Å². The van der Waals surface area contributed by atoms with Gasteiger partial charge in [-0.05, 0) is 42.8 Å². The molecule has 0 aliphatic carbocycles. The Labute approximate surface area is 153 Å². The van der Waals surface area contributed by atoms with Crippen molar-refractivity contribution in [1.82, 2.24) is 5.43 Å². The van der Waals surface area contributed by atoms with Crippen molar-refractivity contribution in [1.29, 1.82) is 5.26 Å². The number of hydrogen-bond donors (Lipinski definition) is 1. The summed E-state index contributed by atoms with van der Waals surface area (Å²) in [6, 6.07) is 8.45. The number of nitrogens with one attached hydrogen (secondary N) is 1. The van der Waals surface area contributed by atoms with Gasteiger partial charge in [0.25, 0.3) is 5.91 Å². The summed E-state index contributed by atoms with van der Waals surface area (Å²) >= 11 is 12.1. The van der Waals surface area contributed by atoms with Crippen LogP contribution in [0.5, 0.6) is 5.75 Å². The highest BCUT2D eigenvalue weighted by Gasteiger charge is 2.12. The van der Waals surface area contributed by atoms with E-state index in [2.05, 4.69) is 10.5 Å². The second-order valence-electron chi connectivity index (χ2n) is 4.75. The summed E-state index contributed by atoms with van der Waals surface area (Å²) in [5.74, 6) is -1.19. The minimum Gasteiger partial charge on any atom is -0.491 e. The van der Waals surface area contributed by atoms with Crippen molar-refractivity contribution in [3.63, 3.8) is 0 Å². The van der Waals surface area contributed by atoms with Crippen LogP contribution in [0.15, 0.2) is 35.4 Å². The summed E-state index contributed by atoms with van der Waals surface area (Å²) in [5.41, 5.74) is 2.62. The smallest absolute Gasteiger partial charge is 0.274 e. The number of nitriles is 1. The predicted molar refractivity (Wildman–Crippen MR) is 93.8 cm³/mol. The Morgan fingerprint density at radius 3 is 2.60 bits per heavy atom. The molecule has 8 heteroatoms. The molecule has 0 radical (unpaired) electrons. The highest BCUT2D eigenvalue weighted by Crippen LogP contribution is 2.33. The standard InChI is InChI=1S/C17H12Cl2FN3O2/c1-2-25-16-13(18)5-11(6-14(16)19)9-22-23-17(24)12-4-3-10(8-21)7-15(12)20/h3-7,9H,2H2,1H3,(H,23,24)/b22-9-. The number of rotatable bonds is 5. The lowest BCUT2D eigenvalue weighted by Gasteiger charge is -2.08. The quantitative estimate of drug-likeness (QED) is 0.625. The molecule has 0 saturated carbocycles. The molecule has 0 aliphatic rings. The van der Waals surface area contributed by atoms with Crippen LogP contribution in [-0.4, -0.2) is 18.7 Å². The maximum Gasteiger partial charge on any atom is 0.274 e. The summed E-state index contributed by atoms with van der Waals surface area (Å²) in [7, 11) is 0. The fourth-order valence-corrected chi connectivity index (χ4v) is 2.54. The van der Waals surface area contributed by atoms with Crippen LogP contribution in [0.25, 0.3) is 0 Å². The van der Waals surface area contributed by atoms with Crippen LogP contribution in [0.1, 0.15) is 28.4 Å². The van der Waals surface area contributed by atoms with E-state index in [0.29, 0.717) is 28.0 Å². The monoisotopic (exact) mass is 379 g/mol. The molecule has 0 saturated heterocycles. The molecule has 0 heterocycles. The van der Waals surface area contributed by atoms with Gasteiger partial charge in [0.15, 0.2) is 5.75 Å². The molecule has 128 valence electrons. The number of carbonyl (C=O) groups is 1. The van der Waals surface area contributed by atoms with Crippen molar-refractivity contribution in [2.24, 2.45) is 5.10 Å². The van der Waals surface area contributed by atoms with Gasteiger partial charge in [-0.15, -0.1) is 0 Å². The van der Waals surface area contributed by atoms with Gasteiger partial charge in [-0.1, -0.05) is 23.2 Å². The fraction of sp³-hybridized carbons (Fsp3) is 0.118. The molecule has 0 bridgehead atoms. The van der Waals surface area contributed by atoms with Crippen molar-refractivity contribution in [3.05, 3.63) is 62.9 Å². The first-order chi connectivity index (χ1) is 12.0. The molecule has 0 aliphatic heterocycles. The summed E-state index contributed by atoms with van der Waals surface area (Å²) in [4.78, 5) is 11.9. The highest BCUT2D eigenvalue weighted by atomic mass is 35.5. The number of amides is 1. The molecule has 0 aromatic heterocycles. The SMILES string of the molecule is CCOc1c(Cl)cc(/C=N\NC(=O)c2ccc(C#N)cc2F)cc1Cl. The lowest BCUT2D eigenvalue weighted by Crippen LogP contribution is -2.19. The maximum atomic E-state index is 13.7. The zero-order valence-electron chi connectivity index (χ0n) is 13.0. The van der Waals surface area contributed by atoms with Crippen molar-refractivity contribution < 1.29 is 13.9 Å². The first kappa shape index (κ1) is 18.7. The summed E-state index contributed by atoms with van der Waals surface area (Å²) in [6.07, 6.45) is 1.31. The Morgan fingerprint density at radius 2 is 2.04 bits per heavy atom. The third-order valence-electron chi connectivity index (χ3n) is 3.03. The van der Waals surface area contributed by atoms with E-state index in [9.17, 15) is 9.18 Å². The van der Waals surface area contributed by atoms with E-state index >= 15 is 0 Å². The van der Waals surface area contributed by atoms with Gasteiger partial charge in [-0.25, -0.2) is 9.82 Å². The molecule has 0 unspecified atom stereocenters.